The van der Waals surface area contributed by atoms with Gasteiger partial charge >= 0.3 is 5.97 Å². The number of aromatic carboxylic acids is 1. The summed E-state index contributed by atoms with van der Waals surface area (Å²) in [6, 6.07) is 7.97. The quantitative estimate of drug-likeness (QED) is 0.890. The molecule has 0 unspecified atom stereocenters. The molecule has 1 heterocycles. The van der Waals surface area contributed by atoms with E-state index >= 15 is 0 Å². The lowest BCUT2D eigenvalue weighted by Crippen LogP contribution is -2.14. The molecule has 0 radical (unpaired) electrons. The molecule has 1 amide bonds. The minimum absolute atomic E-state index is 0.0731. The summed E-state index contributed by atoms with van der Waals surface area (Å²) in [7, 11) is 0. The Morgan fingerprint density at radius 3 is 2.76 bits per heavy atom. The second-order valence-electron chi connectivity index (χ2n) is 4.81. The van der Waals surface area contributed by atoms with Gasteiger partial charge < -0.3 is 10.4 Å². The number of carboxylic acids is 1. The molecule has 0 aliphatic heterocycles. The van der Waals surface area contributed by atoms with Gasteiger partial charge in [0.2, 0.25) is 5.91 Å². The van der Waals surface area contributed by atoms with Crippen molar-refractivity contribution in [3.05, 3.63) is 46.6 Å². The van der Waals surface area contributed by atoms with Gasteiger partial charge in [-0.1, -0.05) is 29.8 Å². The molecular formula is C15H16N2O3S. The molecule has 21 heavy (non-hydrogen) atoms. The van der Waals surface area contributed by atoms with E-state index < -0.39 is 5.97 Å². The van der Waals surface area contributed by atoms with Crippen LogP contribution < -0.4 is 5.32 Å². The van der Waals surface area contributed by atoms with Crippen LogP contribution in [0.25, 0.3) is 0 Å². The number of aryl methyl sites for hydroxylation is 3. The number of carboxylic acid groups (broad SMARTS) is 1. The first kappa shape index (κ1) is 15.2. The Morgan fingerprint density at radius 1 is 1.33 bits per heavy atom. The number of anilines is 1. The summed E-state index contributed by atoms with van der Waals surface area (Å²) in [6.07, 6.45) is 0.924. The molecule has 2 aromatic rings. The summed E-state index contributed by atoms with van der Waals surface area (Å²) in [5.41, 5.74) is 2.73. The first-order valence-corrected chi connectivity index (χ1v) is 7.29. The zero-order chi connectivity index (χ0) is 15.4. The molecule has 0 fully saturated rings. The maximum atomic E-state index is 11.9. The number of amides is 1. The van der Waals surface area contributed by atoms with Crippen LogP contribution in [0.1, 0.15) is 33.6 Å². The largest absolute Gasteiger partial charge is 0.478 e. The van der Waals surface area contributed by atoms with Crippen LogP contribution >= 0.6 is 11.5 Å². The topological polar surface area (TPSA) is 79.3 Å². The summed E-state index contributed by atoms with van der Waals surface area (Å²) in [6.45, 7) is 3.62. The SMILES string of the molecule is Cc1cccc(CCC(=O)Nc2snc(C)c2C(=O)O)c1. The van der Waals surface area contributed by atoms with Crippen molar-refractivity contribution >= 4 is 28.4 Å². The lowest BCUT2D eigenvalue weighted by Gasteiger charge is -2.05. The molecule has 0 aliphatic rings. The van der Waals surface area contributed by atoms with E-state index in [1.807, 2.05) is 31.2 Å². The van der Waals surface area contributed by atoms with Crippen molar-refractivity contribution in [3.63, 3.8) is 0 Å². The van der Waals surface area contributed by atoms with Crippen molar-refractivity contribution in [2.24, 2.45) is 0 Å². The van der Waals surface area contributed by atoms with E-state index in [0.717, 1.165) is 22.7 Å². The third kappa shape index (κ3) is 3.88. The summed E-state index contributed by atoms with van der Waals surface area (Å²) in [4.78, 5) is 23.0. The smallest absolute Gasteiger partial charge is 0.340 e. The zero-order valence-electron chi connectivity index (χ0n) is 11.8. The van der Waals surface area contributed by atoms with Crippen molar-refractivity contribution in [3.8, 4) is 0 Å². The highest BCUT2D eigenvalue weighted by Gasteiger charge is 2.19. The van der Waals surface area contributed by atoms with Gasteiger partial charge in [-0.3, -0.25) is 4.79 Å². The minimum atomic E-state index is -1.07. The molecule has 0 atom stereocenters. The monoisotopic (exact) mass is 304 g/mol. The molecule has 5 nitrogen and oxygen atoms in total. The zero-order valence-corrected chi connectivity index (χ0v) is 12.7. The van der Waals surface area contributed by atoms with Gasteiger partial charge in [0.05, 0.1) is 5.69 Å². The third-order valence-electron chi connectivity index (χ3n) is 3.05. The lowest BCUT2D eigenvalue weighted by molar-refractivity contribution is -0.116. The maximum absolute atomic E-state index is 11.9. The van der Waals surface area contributed by atoms with Crippen molar-refractivity contribution in [1.82, 2.24) is 4.37 Å². The van der Waals surface area contributed by atoms with Crippen molar-refractivity contribution < 1.29 is 14.7 Å². The van der Waals surface area contributed by atoms with Crippen LogP contribution in [0.5, 0.6) is 0 Å². The van der Waals surface area contributed by atoms with Crippen LogP contribution in [0, 0.1) is 13.8 Å². The van der Waals surface area contributed by atoms with E-state index in [1.54, 1.807) is 6.92 Å². The fourth-order valence-corrected chi connectivity index (χ4v) is 2.83. The Labute approximate surface area is 126 Å². The Balaban J connectivity index is 1.98. The number of benzene rings is 1. The van der Waals surface area contributed by atoms with Gasteiger partial charge in [-0.15, -0.1) is 0 Å². The first-order valence-electron chi connectivity index (χ1n) is 6.52. The maximum Gasteiger partial charge on any atom is 0.340 e. The average Bonchev–Trinajstić information content (AvgIpc) is 2.77. The second kappa shape index (κ2) is 6.49. The normalized spacial score (nSPS) is 10.4. The van der Waals surface area contributed by atoms with E-state index in [-0.39, 0.29) is 11.5 Å². The predicted molar refractivity (Wildman–Crippen MR) is 81.9 cm³/mol. The highest BCUT2D eigenvalue weighted by atomic mass is 32.1. The lowest BCUT2D eigenvalue weighted by atomic mass is 10.1. The van der Waals surface area contributed by atoms with E-state index in [0.29, 0.717) is 23.5 Å². The number of nitrogens with zero attached hydrogens (tertiary/aromatic N) is 1. The van der Waals surface area contributed by atoms with Gasteiger partial charge in [0.25, 0.3) is 0 Å². The van der Waals surface area contributed by atoms with Gasteiger partial charge in [-0.05, 0) is 37.4 Å². The molecule has 2 N–H and O–H groups in total. The van der Waals surface area contributed by atoms with E-state index in [4.69, 9.17) is 5.11 Å². The van der Waals surface area contributed by atoms with Gasteiger partial charge in [0, 0.05) is 6.42 Å². The number of hydrogen-bond acceptors (Lipinski definition) is 4. The van der Waals surface area contributed by atoms with E-state index in [1.165, 1.54) is 0 Å². The molecule has 0 aliphatic carbocycles. The average molecular weight is 304 g/mol. The summed E-state index contributed by atoms with van der Waals surface area (Å²) >= 11 is 0.994. The van der Waals surface area contributed by atoms with Crippen LogP contribution in [0.2, 0.25) is 0 Å². The molecule has 0 saturated carbocycles. The van der Waals surface area contributed by atoms with Crippen LogP contribution in [0.4, 0.5) is 5.00 Å². The van der Waals surface area contributed by atoms with Gasteiger partial charge in [0.1, 0.15) is 10.6 Å². The van der Waals surface area contributed by atoms with Crippen LogP contribution in [-0.4, -0.2) is 21.4 Å². The Morgan fingerprint density at radius 2 is 2.10 bits per heavy atom. The van der Waals surface area contributed by atoms with Crippen molar-refractivity contribution in [2.45, 2.75) is 26.7 Å². The Bertz CT molecular complexity index is 679. The number of carbonyl (C=O) groups excluding carboxylic acids is 1. The Kier molecular flexibility index (Phi) is 4.70. The third-order valence-corrected chi connectivity index (χ3v) is 3.91. The highest BCUT2D eigenvalue weighted by Crippen LogP contribution is 2.24. The number of aromatic nitrogens is 1. The second-order valence-corrected chi connectivity index (χ2v) is 5.59. The fraction of sp³-hybridized carbons (Fsp3) is 0.267. The first-order chi connectivity index (χ1) is 9.97. The molecule has 110 valence electrons. The predicted octanol–water partition coefficient (Wildman–Crippen LogP) is 3.03. The van der Waals surface area contributed by atoms with E-state index in [2.05, 4.69) is 9.69 Å². The Hall–Kier alpha value is -2.21. The number of rotatable bonds is 5. The highest BCUT2D eigenvalue weighted by molar-refractivity contribution is 7.11. The minimum Gasteiger partial charge on any atom is -0.478 e. The standard InChI is InChI=1S/C15H16N2O3S/c1-9-4-3-5-11(8-9)6-7-12(18)16-14-13(15(19)20)10(2)17-21-14/h3-5,8H,6-7H2,1-2H3,(H,16,18)(H,19,20). The van der Waals surface area contributed by atoms with Crippen LogP contribution in [0.3, 0.4) is 0 Å². The van der Waals surface area contributed by atoms with E-state index in [9.17, 15) is 9.59 Å². The van der Waals surface area contributed by atoms with Gasteiger partial charge in [-0.2, -0.15) is 4.37 Å². The molecule has 0 spiro atoms. The van der Waals surface area contributed by atoms with Gasteiger partial charge in [0.15, 0.2) is 0 Å². The molecular weight excluding hydrogens is 288 g/mol. The van der Waals surface area contributed by atoms with Gasteiger partial charge in [-0.25, -0.2) is 4.79 Å². The summed E-state index contributed by atoms with van der Waals surface area (Å²) < 4.78 is 3.97. The number of hydrogen-bond donors (Lipinski definition) is 2. The molecule has 2 rings (SSSR count). The van der Waals surface area contributed by atoms with Crippen LogP contribution in [-0.2, 0) is 11.2 Å². The molecule has 1 aromatic heterocycles. The summed E-state index contributed by atoms with van der Waals surface area (Å²) in [5, 5.41) is 12.0. The molecule has 1 aromatic carbocycles. The van der Waals surface area contributed by atoms with Crippen molar-refractivity contribution in [2.75, 3.05) is 5.32 Å². The van der Waals surface area contributed by atoms with Crippen molar-refractivity contribution in [1.29, 1.82) is 0 Å². The molecule has 6 heteroatoms. The summed E-state index contributed by atoms with van der Waals surface area (Å²) in [5.74, 6) is -1.28. The molecule has 0 saturated heterocycles. The van der Waals surface area contributed by atoms with Crippen LogP contribution in [0.15, 0.2) is 24.3 Å². The number of nitrogens with one attached hydrogen (secondary N) is 1. The number of carbonyl (C=O) groups is 2. The fourth-order valence-electron chi connectivity index (χ4n) is 2.02. The molecule has 0 bridgehead atoms.